The third-order valence-corrected chi connectivity index (χ3v) is 2.83. The number of aliphatic carboxylic acids is 1. The molecular formula is C15H13F2NO2. The van der Waals surface area contributed by atoms with E-state index in [1.54, 1.807) is 30.3 Å². The Morgan fingerprint density at radius 3 is 2.25 bits per heavy atom. The van der Waals surface area contributed by atoms with Crippen LogP contribution in [0, 0.1) is 0 Å². The maximum Gasteiger partial charge on any atom is 0.330 e. The Hall–Kier alpha value is -2.43. The minimum absolute atomic E-state index is 0.191. The topological polar surface area (TPSA) is 49.3 Å². The summed E-state index contributed by atoms with van der Waals surface area (Å²) in [5.74, 6) is -1.12. The van der Waals surface area contributed by atoms with Crippen molar-refractivity contribution in [2.75, 3.05) is 5.32 Å². The molecule has 5 heteroatoms. The van der Waals surface area contributed by atoms with Crippen LogP contribution in [0.25, 0.3) is 0 Å². The summed E-state index contributed by atoms with van der Waals surface area (Å²) in [6.45, 7) is 0. The number of rotatable bonds is 5. The number of alkyl halides is 2. The van der Waals surface area contributed by atoms with Gasteiger partial charge in [0.25, 0.3) is 6.43 Å². The highest BCUT2D eigenvalue weighted by Crippen LogP contribution is 2.25. The SMILES string of the molecule is O=C(O)C(Nc1ccccc1)c1cccc(C(F)F)c1. The predicted molar refractivity (Wildman–Crippen MR) is 71.8 cm³/mol. The molecule has 0 saturated carbocycles. The van der Waals surface area contributed by atoms with Crippen LogP contribution in [-0.2, 0) is 4.79 Å². The normalized spacial score (nSPS) is 12.2. The van der Waals surface area contributed by atoms with E-state index >= 15 is 0 Å². The summed E-state index contributed by atoms with van der Waals surface area (Å²) < 4.78 is 25.3. The number of benzene rings is 2. The van der Waals surface area contributed by atoms with Crippen LogP contribution < -0.4 is 5.32 Å². The van der Waals surface area contributed by atoms with Crippen LogP contribution in [-0.4, -0.2) is 11.1 Å². The molecule has 0 bridgehead atoms. The van der Waals surface area contributed by atoms with Gasteiger partial charge >= 0.3 is 5.97 Å². The van der Waals surface area contributed by atoms with E-state index in [1.165, 1.54) is 24.3 Å². The molecule has 0 aliphatic heterocycles. The molecule has 0 saturated heterocycles. The molecule has 0 heterocycles. The average molecular weight is 277 g/mol. The predicted octanol–water partition coefficient (Wildman–Crippen LogP) is 3.86. The molecule has 20 heavy (non-hydrogen) atoms. The van der Waals surface area contributed by atoms with E-state index < -0.39 is 18.4 Å². The van der Waals surface area contributed by atoms with Crippen molar-refractivity contribution in [1.29, 1.82) is 0 Å². The van der Waals surface area contributed by atoms with Crippen LogP contribution in [0.15, 0.2) is 54.6 Å². The Morgan fingerprint density at radius 2 is 1.65 bits per heavy atom. The van der Waals surface area contributed by atoms with E-state index in [1.807, 2.05) is 0 Å². The summed E-state index contributed by atoms with van der Waals surface area (Å²) in [6, 6.07) is 13.1. The molecule has 2 N–H and O–H groups in total. The van der Waals surface area contributed by atoms with Gasteiger partial charge < -0.3 is 10.4 Å². The molecule has 1 unspecified atom stereocenters. The number of carboxylic acid groups (broad SMARTS) is 1. The lowest BCUT2D eigenvalue weighted by molar-refractivity contribution is -0.138. The van der Waals surface area contributed by atoms with E-state index in [4.69, 9.17) is 0 Å². The third-order valence-electron chi connectivity index (χ3n) is 2.83. The van der Waals surface area contributed by atoms with Crippen molar-refractivity contribution < 1.29 is 18.7 Å². The fourth-order valence-electron chi connectivity index (χ4n) is 1.86. The lowest BCUT2D eigenvalue weighted by Crippen LogP contribution is -2.20. The van der Waals surface area contributed by atoms with Crippen molar-refractivity contribution >= 4 is 11.7 Å². The number of carboxylic acids is 1. The van der Waals surface area contributed by atoms with Gasteiger partial charge in [-0.25, -0.2) is 13.6 Å². The van der Waals surface area contributed by atoms with E-state index in [2.05, 4.69) is 5.32 Å². The minimum Gasteiger partial charge on any atom is -0.479 e. The molecule has 0 fully saturated rings. The Labute approximate surface area is 114 Å². The zero-order valence-electron chi connectivity index (χ0n) is 10.5. The van der Waals surface area contributed by atoms with Crippen LogP contribution in [0.2, 0.25) is 0 Å². The number of halogens is 2. The molecule has 2 rings (SSSR count). The number of nitrogens with one attached hydrogen (secondary N) is 1. The second-order valence-corrected chi connectivity index (χ2v) is 4.25. The van der Waals surface area contributed by atoms with Crippen molar-refractivity contribution in [3.05, 3.63) is 65.7 Å². The number of hydrogen-bond donors (Lipinski definition) is 2. The van der Waals surface area contributed by atoms with E-state index in [0.717, 1.165) is 0 Å². The second-order valence-electron chi connectivity index (χ2n) is 4.25. The minimum atomic E-state index is -2.62. The Kier molecular flexibility index (Phi) is 4.30. The van der Waals surface area contributed by atoms with E-state index in [0.29, 0.717) is 11.3 Å². The van der Waals surface area contributed by atoms with Crippen molar-refractivity contribution in [3.63, 3.8) is 0 Å². The van der Waals surface area contributed by atoms with Gasteiger partial charge in [-0.15, -0.1) is 0 Å². The van der Waals surface area contributed by atoms with Crippen LogP contribution in [0.5, 0.6) is 0 Å². The summed E-state index contributed by atoms with van der Waals surface area (Å²) in [7, 11) is 0. The highest BCUT2D eigenvalue weighted by Gasteiger charge is 2.21. The smallest absolute Gasteiger partial charge is 0.330 e. The molecule has 2 aromatic carbocycles. The van der Waals surface area contributed by atoms with Gasteiger partial charge in [-0.3, -0.25) is 0 Å². The monoisotopic (exact) mass is 277 g/mol. The van der Waals surface area contributed by atoms with Crippen LogP contribution in [0.4, 0.5) is 14.5 Å². The molecule has 0 aromatic heterocycles. The Balaban J connectivity index is 2.29. The quantitative estimate of drug-likeness (QED) is 0.872. The molecule has 0 radical (unpaired) electrons. The third kappa shape index (κ3) is 3.32. The fourth-order valence-corrected chi connectivity index (χ4v) is 1.86. The lowest BCUT2D eigenvalue weighted by Gasteiger charge is -2.17. The molecule has 3 nitrogen and oxygen atoms in total. The largest absolute Gasteiger partial charge is 0.479 e. The highest BCUT2D eigenvalue weighted by molar-refractivity contribution is 5.79. The first-order valence-corrected chi connectivity index (χ1v) is 6.00. The van der Waals surface area contributed by atoms with Gasteiger partial charge in [0, 0.05) is 11.3 Å². The van der Waals surface area contributed by atoms with Gasteiger partial charge in [0.15, 0.2) is 6.04 Å². The summed E-state index contributed by atoms with van der Waals surface area (Å²) in [5, 5.41) is 12.1. The number of hydrogen-bond acceptors (Lipinski definition) is 2. The van der Waals surface area contributed by atoms with Gasteiger partial charge in [0.2, 0.25) is 0 Å². The Bertz CT molecular complexity index is 587. The molecule has 0 spiro atoms. The van der Waals surface area contributed by atoms with Crippen LogP contribution >= 0.6 is 0 Å². The zero-order valence-corrected chi connectivity index (χ0v) is 10.5. The zero-order chi connectivity index (χ0) is 14.5. The maximum atomic E-state index is 12.7. The van der Waals surface area contributed by atoms with Gasteiger partial charge in [-0.1, -0.05) is 36.4 Å². The summed E-state index contributed by atoms with van der Waals surface area (Å²) in [4.78, 5) is 11.3. The summed E-state index contributed by atoms with van der Waals surface area (Å²) in [6.07, 6.45) is -2.62. The average Bonchev–Trinajstić information content (AvgIpc) is 2.45. The molecular weight excluding hydrogens is 264 g/mol. The Morgan fingerprint density at radius 1 is 1.00 bits per heavy atom. The summed E-state index contributed by atoms with van der Waals surface area (Å²) >= 11 is 0. The molecule has 104 valence electrons. The van der Waals surface area contributed by atoms with E-state index in [-0.39, 0.29) is 5.56 Å². The highest BCUT2D eigenvalue weighted by atomic mass is 19.3. The molecule has 1 atom stereocenters. The lowest BCUT2D eigenvalue weighted by atomic mass is 10.0. The van der Waals surface area contributed by atoms with Crippen molar-refractivity contribution in [2.24, 2.45) is 0 Å². The number of para-hydroxylation sites is 1. The molecule has 0 amide bonds. The molecule has 0 aliphatic rings. The molecule has 0 aliphatic carbocycles. The summed E-state index contributed by atoms with van der Waals surface area (Å²) in [5.41, 5.74) is 0.713. The van der Waals surface area contributed by atoms with Crippen molar-refractivity contribution in [2.45, 2.75) is 12.5 Å². The number of carbonyl (C=O) groups is 1. The fraction of sp³-hybridized carbons (Fsp3) is 0.133. The van der Waals surface area contributed by atoms with Crippen LogP contribution in [0.1, 0.15) is 23.6 Å². The van der Waals surface area contributed by atoms with Crippen molar-refractivity contribution in [1.82, 2.24) is 0 Å². The van der Waals surface area contributed by atoms with Gasteiger partial charge in [0.1, 0.15) is 0 Å². The first-order valence-electron chi connectivity index (χ1n) is 6.00. The standard InChI is InChI=1S/C15H13F2NO2/c16-14(17)11-6-4-5-10(9-11)13(15(19)20)18-12-7-2-1-3-8-12/h1-9,13-14,18H,(H,19,20). The second kappa shape index (κ2) is 6.14. The maximum absolute atomic E-state index is 12.7. The van der Waals surface area contributed by atoms with E-state index in [9.17, 15) is 18.7 Å². The van der Waals surface area contributed by atoms with Gasteiger partial charge in [-0.05, 0) is 23.8 Å². The first-order chi connectivity index (χ1) is 9.58. The van der Waals surface area contributed by atoms with Crippen molar-refractivity contribution in [3.8, 4) is 0 Å². The number of anilines is 1. The molecule has 2 aromatic rings. The van der Waals surface area contributed by atoms with Gasteiger partial charge in [-0.2, -0.15) is 0 Å². The van der Waals surface area contributed by atoms with Gasteiger partial charge in [0.05, 0.1) is 0 Å². The first kappa shape index (κ1) is 14.0. The van der Waals surface area contributed by atoms with Crippen LogP contribution in [0.3, 0.4) is 0 Å².